The summed E-state index contributed by atoms with van der Waals surface area (Å²) in [5, 5.41) is 5.37. The molecule has 0 unspecified atom stereocenters. The van der Waals surface area contributed by atoms with Gasteiger partial charge in [0.05, 0.1) is 0 Å². The van der Waals surface area contributed by atoms with Crippen LogP contribution in [0.15, 0.2) is 115 Å². The van der Waals surface area contributed by atoms with Gasteiger partial charge in [0, 0.05) is 12.8 Å². The van der Waals surface area contributed by atoms with E-state index in [1.165, 1.54) is 0 Å². The molecule has 0 saturated heterocycles. The van der Waals surface area contributed by atoms with Crippen LogP contribution in [0.3, 0.4) is 0 Å². The lowest BCUT2D eigenvalue weighted by molar-refractivity contribution is -0.128. The topological polar surface area (TPSA) is 111 Å². The molecule has 0 aliphatic heterocycles. The molecule has 4 rings (SSSR count). The van der Waals surface area contributed by atoms with Gasteiger partial charge in [-0.05, 0) is 27.8 Å². The Morgan fingerprint density at radius 2 is 1.08 bits per heavy atom. The van der Waals surface area contributed by atoms with E-state index in [0.29, 0.717) is 0 Å². The number of nitrogens with one attached hydrogen (secondary N) is 2. The molecule has 4 aromatic rings. The van der Waals surface area contributed by atoms with E-state index < -0.39 is 30.0 Å². The van der Waals surface area contributed by atoms with Crippen LogP contribution in [0.25, 0.3) is 11.1 Å². The minimum atomic E-state index is -0.974. The van der Waals surface area contributed by atoms with Gasteiger partial charge < -0.3 is 21.1 Å². The summed E-state index contributed by atoms with van der Waals surface area (Å²) < 4.78 is 5.32. The molecule has 0 heterocycles. The van der Waals surface area contributed by atoms with E-state index in [1.54, 1.807) is 0 Å². The van der Waals surface area contributed by atoms with Crippen LogP contribution in [0.2, 0.25) is 0 Å². The number of carbonyl (C=O) groups is 3. The summed E-state index contributed by atoms with van der Waals surface area (Å²) in [6.07, 6.45) is -0.307. The van der Waals surface area contributed by atoms with Crippen molar-refractivity contribution in [2.75, 3.05) is 0 Å². The molecule has 0 saturated carbocycles. The van der Waals surface area contributed by atoms with Crippen molar-refractivity contribution in [2.45, 2.75) is 31.5 Å². The average molecular weight is 522 g/mol. The maximum absolute atomic E-state index is 13.3. The number of primary amides is 1. The molecule has 39 heavy (non-hydrogen) atoms. The molecule has 0 radical (unpaired) electrons. The van der Waals surface area contributed by atoms with Crippen LogP contribution in [-0.2, 0) is 33.8 Å². The first-order chi connectivity index (χ1) is 19.0. The number of hydrogen-bond acceptors (Lipinski definition) is 4. The zero-order valence-electron chi connectivity index (χ0n) is 21.5. The number of rotatable bonds is 11. The summed E-state index contributed by atoms with van der Waals surface area (Å²) in [5.41, 5.74) is 10.3. The van der Waals surface area contributed by atoms with Gasteiger partial charge >= 0.3 is 6.09 Å². The van der Waals surface area contributed by atoms with Gasteiger partial charge in [0.15, 0.2) is 0 Å². The second-order valence-corrected chi connectivity index (χ2v) is 9.18. The summed E-state index contributed by atoms with van der Waals surface area (Å²) in [5.74, 6) is -1.19. The Morgan fingerprint density at radius 1 is 0.590 bits per heavy atom. The van der Waals surface area contributed by atoms with Gasteiger partial charge in [0.2, 0.25) is 11.8 Å². The predicted molar refractivity (Wildman–Crippen MR) is 150 cm³/mol. The lowest BCUT2D eigenvalue weighted by atomic mass is 9.99. The van der Waals surface area contributed by atoms with Crippen molar-refractivity contribution in [1.82, 2.24) is 10.6 Å². The summed E-state index contributed by atoms with van der Waals surface area (Å²) >= 11 is 0. The zero-order chi connectivity index (χ0) is 27.5. The molecule has 7 nitrogen and oxygen atoms in total. The van der Waals surface area contributed by atoms with Crippen LogP contribution in [0.4, 0.5) is 4.79 Å². The summed E-state index contributed by atoms with van der Waals surface area (Å²) in [6.45, 7) is 0.0647. The highest BCUT2D eigenvalue weighted by Gasteiger charge is 2.26. The number of nitrogens with two attached hydrogens (primary N) is 1. The molecule has 3 amide bonds. The fourth-order valence-corrected chi connectivity index (χ4v) is 4.16. The van der Waals surface area contributed by atoms with E-state index in [2.05, 4.69) is 10.6 Å². The van der Waals surface area contributed by atoms with Crippen molar-refractivity contribution in [3.63, 3.8) is 0 Å². The third kappa shape index (κ3) is 8.30. The second-order valence-electron chi connectivity index (χ2n) is 9.18. The van der Waals surface area contributed by atoms with Crippen LogP contribution in [0, 0.1) is 0 Å². The third-order valence-electron chi connectivity index (χ3n) is 6.26. The van der Waals surface area contributed by atoms with Gasteiger partial charge in [-0.1, -0.05) is 115 Å². The van der Waals surface area contributed by atoms with Gasteiger partial charge in [-0.25, -0.2) is 4.79 Å². The van der Waals surface area contributed by atoms with Crippen molar-refractivity contribution in [2.24, 2.45) is 5.73 Å². The molecule has 0 aromatic heterocycles. The van der Waals surface area contributed by atoms with E-state index in [0.717, 1.165) is 27.8 Å². The van der Waals surface area contributed by atoms with Crippen molar-refractivity contribution < 1.29 is 19.1 Å². The quantitative estimate of drug-likeness (QED) is 0.272. The molecular weight excluding hydrogens is 490 g/mol. The number of carbonyl (C=O) groups excluding carboxylic acids is 3. The average Bonchev–Trinajstić information content (AvgIpc) is 2.97. The molecular formula is C32H31N3O4. The van der Waals surface area contributed by atoms with E-state index in [-0.39, 0.29) is 19.4 Å². The lowest BCUT2D eigenvalue weighted by Crippen LogP contribution is -2.54. The SMILES string of the molecule is NC(=O)[C@@H](Cc1ccc(-c2ccccc2)cc1)NC(=O)[C@@H](Cc1ccccc1)NC(=O)OCc1ccccc1. The molecule has 2 atom stereocenters. The van der Waals surface area contributed by atoms with Crippen molar-refractivity contribution in [1.29, 1.82) is 0 Å². The van der Waals surface area contributed by atoms with Crippen LogP contribution >= 0.6 is 0 Å². The standard InChI is InChI=1S/C32H31N3O4/c33-30(36)28(20-24-16-18-27(19-17-24)26-14-8-3-9-15-26)34-31(37)29(21-23-10-4-1-5-11-23)35-32(38)39-22-25-12-6-2-7-13-25/h1-19,28-29H,20-22H2,(H2,33,36)(H,34,37)(H,35,38)/t28-,29-/m1/s1. The zero-order valence-corrected chi connectivity index (χ0v) is 21.5. The Labute approximate surface area is 228 Å². The van der Waals surface area contributed by atoms with Crippen LogP contribution < -0.4 is 16.4 Å². The number of ether oxygens (including phenoxy) is 1. The van der Waals surface area contributed by atoms with Gasteiger partial charge in [0.1, 0.15) is 18.7 Å². The van der Waals surface area contributed by atoms with E-state index in [4.69, 9.17) is 10.5 Å². The highest BCUT2D eigenvalue weighted by atomic mass is 16.5. The first kappa shape index (κ1) is 27.1. The summed E-state index contributed by atoms with van der Waals surface area (Å²) in [4.78, 5) is 38.2. The Balaban J connectivity index is 1.42. The predicted octanol–water partition coefficient (Wildman–Crippen LogP) is 4.40. The number of amides is 3. The first-order valence-electron chi connectivity index (χ1n) is 12.7. The molecule has 0 bridgehead atoms. The Morgan fingerprint density at radius 3 is 1.67 bits per heavy atom. The van der Waals surface area contributed by atoms with Gasteiger partial charge in [-0.2, -0.15) is 0 Å². The maximum atomic E-state index is 13.3. The summed E-state index contributed by atoms with van der Waals surface area (Å²) in [7, 11) is 0. The molecule has 0 spiro atoms. The fraction of sp³-hybridized carbons (Fsp3) is 0.156. The van der Waals surface area contributed by atoms with Crippen LogP contribution in [-0.4, -0.2) is 30.0 Å². The first-order valence-corrected chi connectivity index (χ1v) is 12.7. The molecule has 198 valence electrons. The molecule has 4 aromatic carbocycles. The minimum absolute atomic E-state index is 0.0647. The highest BCUT2D eigenvalue weighted by molar-refractivity contribution is 5.91. The summed E-state index contributed by atoms with van der Waals surface area (Å²) in [6, 6.07) is 34.3. The smallest absolute Gasteiger partial charge is 0.408 e. The second kappa shape index (κ2) is 13.6. The molecule has 0 aliphatic rings. The molecule has 7 heteroatoms. The van der Waals surface area contributed by atoms with E-state index >= 15 is 0 Å². The van der Waals surface area contributed by atoms with Gasteiger partial charge in [-0.15, -0.1) is 0 Å². The normalized spacial score (nSPS) is 12.1. The Bertz CT molecular complexity index is 1360. The van der Waals surface area contributed by atoms with Crippen LogP contribution in [0.5, 0.6) is 0 Å². The third-order valence-corrected chi connectivity index (χ3v) is 6.26. The molecule has 4 N–H and O–H groups in total. The van der Waals surface area contributed by atoms with Crippen molar-refractivity contribution >= 4 is 17.9 Å². The monoisotopic (exact) mass is 521 g/mol. The van der Waals surface area contributed by atoms with Crippen molar-refractivity contribution in [3.05, 3.63) is 132 Å². The minimum Gasteiger partial charge on any atom is -0.445 e. The highest BCUT2D eigenvalue weighted by Crippen LogP contribution is 2.20. The molecule has 0 aliphatic carbocycles. The number of alkyl carbamates (subject to hydrolysis) is 1. The lowest BCUT2D eigenvalue weighted by Gasteiger charge is -2.22. The van der Waals surface area contributed by atoms with Gasteiger partial charge in [0.25, 0.3) is 0 Å². The van der Waals surface area contributed by atoms with E-state index in [9.17, 15) is 14.4 Å². The fourth-order valence-electron chi connectivity index (χ4n) is 4.16. The number of hydrogen-bond donors (Lipinski definition) is 3. The maximum Gasteiger partial charge on any atom is 0.408 e. The number of benzene rings is 4. The molecule has 0 fully saturated rings. The van der Waals surface area contributed by atoms with Crippen molar-refractivity contribution in [3.8, 4) is 11.1 Å². The largest absolute Gasteiger partial charge is 0.445 e. The van der Waals surface area contributed by atoms with E-state index in [1.807, 2.05) is 115 Å². The van der Waals surface area contributed by atoms with Crippen LogP contribution in [0.1, 0.15) is 16.7 Å². The van der Waals surface area contributed by atoms with Gasteiger partial charge in [-0.3, -0.25) is 9.59 Å². The Kier molecular flexibility index (Phi) is 9.45. The Hall–Kier alpha value is -4.91.